The summed E-state index contributed by atoms with van der Waals surface area (Å²) in [4.78, 5) is 19.8. The fourth-order valence-corrected chi connectivity index (χ4v) is 5.05. The molecule has 0 aliphatic carbocycles. The second kappa shape index (κ2) is 9.16. The lowest BCUT2D eigenvalue weighted by atomic mass is 9.98. The van der Waals surface area contributed by atoms with Gasteiger partial charge in [-0.1, -0.05) is 36.0 Å². The van der Waals surface area contributed by atoms with Gasteiger partial charge in [-0.15, -0.1) is 0 Å². The van der Waals surface area contributed by atoms with Gasteiger partial charge in [0.2, 0.25) is 5.88 Å². The number of hydrogen-bond acceptors (Lipinski definition) is 5. The van der Waals surface area contributed by atoms with Gasteiger partial charge in [0.15, 0.2) is 0 Å². The fraction of sp³-hybridized carbons (Fsp3) is 0.185. The molecule has 1 atom stereocenters. The number of carbonyl (C=O) groups excluding carboxylic acids is 1. The van der Waals surface area contributed by atoms with Crippen molar-refractivity contribution in [3.63, 3.8) is 0 Å². The van der Waals surface area contributed by atoms with E-state index in [4.69, 9.17) is 9.47 Å². The van der Waals surface area contributed by atoms with E-state index in [0.29, 0.717) is 18.0 Å². The highest BCUT2D eigenvalue weighted by atomic mass is 32.2. The maximum atomic E-state index is 12.9. The molecule has 166 valence electrons. The van der Waals surface area contributed by atoms with Gasteiger partial charge in [-0.05, 0) is 60.5 Å². The van der Waals surface area contributed by atoms with E-state index in [9.17, 15) is 4.79 Å². The largest absolute Gasteiger partial charge is 0.493 e. The molecule has 6 heteroatoms. The van der Waals surface area contributed by atoms with Gasteiger partial charge < -0.3 is 14.8 Å². The molecule has 1 amide bonds. The SMILES string of the molecule is COc1cccc(C2=Cc3cc(C(=O)NCC4CC=C(C)O4)ccc3Sc3ccccc32)n1. The van der Waals surface area contributed by atoms with E-state index in [1.807, 2.05) is 61.5 Å². The van der Waals surface area contributed by atoms with Gasteiger partial charge in [-0.25, -0.2) is 4.98 Å². The molecule has 5 nitrogen and oxygen atoms in total. The van der Waals surface area contributed by atoms with Crippen LogP contribution in [-0.4, -0.2) is 30.6 Å². The molecular formula is C27H24N2O3S. The number of methoxy groups -OCH3 is 1. The molecule has 0 radical (unpaired) electrons. The van der Waals surface area contributed by atoms with Crippen LogP contribution in [0.5, 0.6) is 5.88 Å². The first kappa shape index (κ1) is 21.3. The van der Waals surface area contributed by atoms with Gasteiger partial charge >= 0.3 is 0 Å². The Bertz CT molecular complexity index is 1280. The van der Waals surface area contributed by atoms with E-state index in [2.05, 4.69) is 28.5 Å². The Morgan fingerprint density at radius 3 is 2.85 bits per heavy atom. The van der Waals surface area contributed by atoms with E-state index < -0.39 is 0 Å². The number of amides is 1. The summed E-state index contributed by atoms with van der Waals surface area (Å²) in [6.07, 6.45) is 4.99. The Balaban J connectivity index is 1.49. The van der Waals surface area contributed by atoms with Crippen molar-refractivity contribution in [1.82, 2.24) is 10.3 Å². The molecule has 2 aliphatic heterocycles. The number of rotatable bonds is 5. The van der Waals surface area contributed by atoms with E-state index in [0.717, 1.165) is 44.4 Å². The number of aromatic nitrogens is 1. The number of hydrogen-bond donors (Lipinski definition) is 1. The lowest BCUT2D eigenvalue weighted by Crippen LogP contribution is -2.32. The molecule has 5 rings (SSSR count). The number of fused-ring (bicyclic) bond motifs is 2. The molecule has 0 saturated heterocycles. The zero-order chi connectivity index (χ0) is 22.8. The molecule has 0 bridgehead atoms. The number of benzene rings is 2. The van der Waals surface area contributed by atoms with Crippen LogP contribution in [-0.2, 0) is 4.74 Å². The number of allylic oxidation sites excluding steroid dienone is 1. The standard InChI is InChI=1S/C27H24N2O3S/c1-17-10-12-20(32-17)16-28-27(30)18-11-13-24-19(14-18)15-22(21-6-3-4-8-25(21)33-24)23-7-5-9-26(29-23)31-2/h3-11,13-15,20H,12,16H2,1-2H3,(H,28,30). The predicted octanol–water partition coefficient (Wildman–Crippen LogP) is 5.57. The molecule has 0 saturated carbocycles. The van der Waals surface area contributed by atoms with Crippen molar-refractivity contribution < 1.29 is 14.3 Å². The van der Waals surface area contributed by atoms with E-state index in [1.54, 1.807) is 18.9 Å². The van der Waals surface area contributed by atoms with Crippen LogP contribution in [0.4, 0.5) is 0 Å². The van der Waals surface area contributed by atoms with Gasteiger partial charge in [0, 0.05) is 33.4 Å². The number of pyridine rings is 1. The molecule has 1 N–H and O–H groups in total. The molecular weight excluding hydrogens is 432 g/mol. The minimum Gasteiger partial charge on any atom is -0.493 e. The molecule has 0 spiro atoms. The van der Waals surface area contributed by atoms with Crippen LogP contribution in [0.2, 0.25) is 0 Å². The van der Waals surface area contributed by atoms with Crippen LogP contribution < -0.4 is 10.1 Å². The number of carbonyl (C=O) groups is 1. The van der Waals surface area contributed by atoms with Crippen molar-refractivity contribution in [2.75, 3.05) is 13.7 Å². The Hall–Kier alpha value is -3.51. The van der Waals surface area contributed by atoms with E-state index in [-0.39, 0.29) is 12.0 Å². The fourth-order valence-electron chi connectivity index (χ4n) is 4.01. The second-order valence-corrected chi connectivity index (χ2v) is 9.06. The minimum atomic E-state index is -0.104. The normalized spacial score (nSPS) is 16.5. The van der Waals surface area contributed by atoms with Gasteiger partial charge in [0.05, 0.1) is 25.1 Å². The van der Waals surface area contributed by atoms with Crippen LogP contribution in [0.25, 0.3) is 11.6 Å². The molecule has 2 aliphatic rings. The average Bonchev–Trinajstić information content (AvgIpc) is 3.19. The average molecular weight is 457 g/mol. The predicted molar refractivity (Wildman–Crippen MR) is 130 cm³/mol. The summed E-state index contributed by atoms with van der Waals surface area (Å²) in [6, 6.07) is 19.9. The highest BCUT2D eigenvalue weighted by Crippen LogP contribution is 2.42. The van der Waals surface area contributed by atoms with Crippen molar-refractivity contribution in [3.05, 3.63) is 94.9 Å². The summed E-state index contributed by atoms with van der Waals surface area (Å²) in [6.45, 7) is 2.42. The lowest BCUT2D eigenvalue weighted by molar-refractivity contribution is 0.0903. The van der Waals surface area contributed by atoms with Crippen molar-refractivity contribution in [1.29, 1.82) is 0 Å². The van der Waals surface area contributed by atoms with Crippen molar-refractivity contribution in [2.24, 2.45) is 0 Å². The first-order valence-electron chi connectivity index (χ1n) is 10.9. The van der Waals surface area contributed by atoms with Crippen molar-refractivity contribution in [2.45, 2.75) is 29.2 Å². The van der Waals surface area contributed by atoms with Crippen molar-refractivity contribution in [3.8, 4) is 5.88 Å². The van der Waals surface area contributed by atoms with Gasteiger partial charge in [-0.2, -0.15) is 0 Å². The monoisotopic (exact) mass is 456 g/mol. The molecule has 0 fully saturated rings. The van der Waals surface area contributed by atoms with Crippen LogP contribution in [0.3, 0.4) is 0 Å². The van der Waals surface area contributed by atoms with Gasteiger partial charge in [0.25, 0.3) is 5.91 Å². The summed E-state index contributed by atoms with van der Waals surface area (Å²) in [5.74, 6) is 1.38. The zero-order valence-electron chi connectivity index (χ0n) is 18.5. The lowest BCUT2D eigenvalue weighted by Gasteiger charge is -2.13. The number of nitrogens with zero attached hydrogens (tertiary/aromatic N) is 1. The van der Waals surface area contributed by atoms with E-state index >= 15 is 0 Å². The summed E-state index contributed by atoms with van der Waals surface area (Å²) in [7, 11) is 1.62. The quantitative estimate of drug-likeness (QED) is 0.426. The molecule has 33 heavy (non-hydrogen) atoms. The summed E-state index contributed by atoms with van der Waals surface area (Å²) < 4.78 is 11.0. The Kier molecular flexibility index (Phi) is 5.92. The third-order valence-corrected chi connectivity index (χ3v) is 6.86. The maximum absolute atomic E-state index is 12.9. The topological polar surface area (TPSA) is 60.5 Å². The zero-order valence-corrected chi connectivity index (χ0v) is 19.3. The second-order valence-electron chi connectivity index (χ2n) is 7.97. The first-order valence-corrected chi connectivity index (χ1v) is 11.7. The smallest absolute Gasteiger partial charge is 0.251 e. The van der Waals surface area contributed by atoms with Gasteiger partial charge in [-0.3, -0.25) is 4.79 Å². The third kappa shape index (κ3) is 4.52. The Morgan fingerprint density at radius 2 is 2.03 bits per heavy atom. The van der Waals surface area contributed by atoms with Crippen LogP contribution in [0.1, 0.15) is 40.5 Å². The number of ether oxygens (including phenoxy) is 2. The summed E-state index contributed by atoms with van der Waals surface area (Å²) in [5, 5.41) is 3.01. The molecule has 1 aromatic heterocycles. The molecule has 3 aromatic rings. The van der Waals surface area contributed by atoms with E-state index in [1.165, 1.54) is 0 Å². The number of nitrogens with one attached hydrogen (secondary N) is 1. The van der Waals surface area contributed by atoms with Crippen LogP contribution in [0, 0.1) is 0 Å². The van der Waals surface area contributed by atoms with Crippen LogP contribution >= 0.6 is 11.8 Å². The van der Waals surface area contributed by atoms with Crippen molar-refractivity contribution >= 4 is 29.3 Å². The third-order valence-electron chi connectivity index (χ3n) is 5.69. The molecule has 1 unspecified atom stereocenters. The first-order chi connectivity index (χ1) is 16.1. The van der Waals surface area contributed by atoms with Crippen LogP contribution in [0.15, 0.2) is 82.3 Å². The summed E-state index contributed by atoms with van der Waals surface area (Å²) >= 11 is 1.70. The molecule has 2 aromatic carbocycles. The minimum absolute atomic E-state index is 0.00506. The summed E-state index contributed by atoms with van der Waals surface area (Å²) in [5.41, 5.74) is 4.53. The Labute approximate surface area is 197 Å². The van der Waals surface area contributed by atoms with Gasteiger partial charge in [0.1, 0.15) is 6.10 Å². The highest BCUT2D eigenvalue weighted by Gasteiger charge is 2.20. The molecule has 3 heterocycles. The maximum Gasteiger partial charge on any atom is 0.251 e. The highest BCUT2D eigenvalue weighted by molar-refractivity contribution is 7.99. The Morgan fingerprint density at radius 1 is 1.15 bits per heavy atom.